The largest absolute Gasteiger partial charge is 0.453 e. The average Bonchev–Trinajstić information content (AvgIpc) is 1.49. The molecule has 0 N–H and O–H groups in total. The van der Waals surface area contributed by atoms with Gasteiger partial charge >= 0.3 is 0 Å². The van der Waals surface area contributed by atoms with Gasteiger partial charge in [0.2, 0.25) is 0 Å². The number of aromatic nitrogens is 2. The topological polar surface area (TPSA) is 51.9 Å². The Kier molecular flexibility index (Phi) is 11.4. The summed E-state index contributed by atoms with van der Waals surface area (Å²) in [5, 5.41) is 4.50. The molecule has 0 saturated heterocycles. The summed E-state index contributed by atoms with van der Waals surface area (Å²) in [5.74, 6) is 2.65. The number of fused-ring (bicyclic) bond motifs is 13. The fraction of sp³-hybridized carbons (Fsp3) is 0. The van der Waals surface area contributed by atoms with Crippen LogP contribution in [0.5, 0.6) is 23.0 Å². The van der Waals surface area contributed by atoms with Crippen molar-refractivity contribution in [3.8, 4) is 90.0 Å². The molecule has 4 heterocycles. The molecule has 14 aromatic carbocycles. The second kappa shape index (κ2) is 20.3. The van der Waals surface area contributed by atoms with E-state index in [0.29, 0.717) is 39.8 Å². The summed E-state index contributed by atoms with van der Waals surface area (Å²) >= 11 is 0. The molecule has 0 radical (unpaired) electrons. The van der Waals surface area contributed by atoms with Crippen LogP contribution in [-0.2, 0) is 0 Å². The van der Waals surface area contributed by atoms with Crippen LogP contribution in [0.4, 0.5) is 34.1 Å². The van der Waals surface area contributed by atoms with Crippen LogP contribution >= 0.6 is 0 Å². The lowest BCUT2D eigenvalue weighted by molar-refractivity contribution is 0.104. The third kappa shape index (κ3) is 7.92. The van der Waals surface area contributed by atoms with Crippen LogP contribution in [0.25, 0.3) is 111 Å². The van der Waals surface area contributed by atoms with Crippen LogP contribution in [0, 0.1) is 0 Å². The van der Waals surface area contributed by atoms with E-state index in [1.54, 1.807) is 0 Å². The molecule has 92 heavy (non-hydrogen) atoms. The zero-order valence-corrected chi connectivity index (χ0v) is 49.5. The van der Waals surface area contributed by atoms with Crippen LogP contribution < -0.4 is 19.3 Å². The highest BCUT2D eigenvalue weighted by Crippen LogP contribution is 2.60. The number of hydrogen-bond donors (Lipinski definition) is 0. The molecule has 0 atom stereocenters. The number of hydrogen-bond acceptors (Lipinski definition) is 5. The number of ketones is 1. The monoisotopic (exact) mass is 1180 g/mol. The highest BCUT2D eigenvalue weighted by molar-refractivity contribution is 6.28. The van der Waals surface area contributed by atoms with Crippen molar-refractivity contribution in [3.63, 3.8) is 0 Å². The van der Waals surface area contributed by atoms with Gasteiger partial charge in [0.05, 0.1) is 67.3 Å². The molecule has 19 rings (SSSR count). The molecule has 0 saturated carbocycles. The Morgan fingerprint density at radius 3 is 0.913 bits per heavy atom. The van der Waals surface area contributed by atoms with Crippen LogP contribution in [-0.4, -0.2) is 14.9 Å². The number of carbonyl (C=O) groups excluding carboxylic acids is 1. The van der Waals surface area contributed by atoms with Crippen molar-refractivity contribution in [2.45, 2.75) is 0 Å². The first-order chi connectivity index (χ1) is 45.5. The minimum Gasteiger partial charge on any atom is -0.453 e. The van der Waals surface area contributed by atoms with Crippen molar-refractivity contribution in [1.29, 1.82) is 0 Å². The molecule has 430 valence electrons. The van der Waals surface area contributed by atoms with E-state index >= 15 is 4.79 Å². The lowest BCUT2D eigenvalue weighted by atomic mass is 9.97. The molecule has 0 amide bonds. The van der Waals surface area contributed by atoms with Gasteiger partial charge in [0.1, 0.15) is 0 Å². The summed E-state index contributed by atoms with van der Waals surface area (Å²) in [4.78, 5) is 21.8. The van der Waals surface area contributed by atoms with E-state index in [0.717, 1.165) is 139 Å². The van der Waals surface area contributed by atoms with Crippen molar-refractivity contribution in [2.75, 3.05) is 9.80 Å². The van der Waals surface area contributed by atoms with Crippen molar-refractivity contribution in [3.05, 3.63) is 327 Å². The molecule has 0 spiro atoms. The first-order valence-corrected chi connectivity index (χ1v) is 31.2. The summed E-state index contributed by atoms with van der Waals surface area (Å²) in [6.45, 7) is 0. The third-order valence-electron chi connectivity index (χ3n) is 18.8. The Hall–Kier alpha value is -12.5. The normalized spacial score (nSPS) is 12.7. The number of rotatable bonds is 8. The number of anilines is 6. The third-order valence-corrected chi connectivity index (χ3v) is 18.8. The average molecular weight is 1180 g/mol. The zero-order chi connectivity index (χ0) is 60.5. The minimum atomic E-state index is -0.0821. The van der Waals surface area contributed by atoms with Gasteiger partial charge in [0.15, 0.2) is 28.8 Å². The van der Waals surface area contributed by atoms with E-state index in [-0.39, 0.29) is 5.78 Å². The highest BCUT2D eigenvalue weighted by atomic mass is 16.5. The van der Waals surface area contributed by atoms with Gasteiger partial charge in [0, 0.05) is 32.9 Å². The maximum absolute atomic E-state index is 17.2. The standard InChI is InChI=1S/C85H52N4O3/c90-85-83-67(49-61(86-69-33-17-13-29-63(69)64-30-14-18-34-70(64)86)51-77(83)88-71-35-19-15-31-65(71)66-32-16-20-36-72(66)88)68-50-62(87-73-41-37-57(53-21-5-1-6-22-53)45-79(73)91-80-46-58(38-42-74(80)87)54-23-7-2-8-24-54)52-78(84(68)85)89-75-43-39-59(55-25-9-3-10-26-55)47-81(75)92-82-48-60(40-44-76(82)89)56-27-11-4-12-28-56/h1-52H. The fourth-order valence-corrected chi connectivity index (χ4v) is 14.6. The summed E-state index contributed by atoms with van der Waals surface area (Å²) in [7, 11) is 0. The Labute approximate surface area is 530 Å². The van der Waals surface area contributed by atoms with E-state index in [2.05, 4.69) is 310 Å². The lowest BCUT2D eigenvalue weighted by Gasteiger charge is -2.37. The van der Waals surface area contributed by atoms with Crippen LogP contribution in [0.2, 0.25) is 0 Å². The predicted octanol–water partition coefficient (Wildman–Crippen LogP) is 22.9. The summed E-state index contributed by atoms with van der Waals surface area (Å²) in [5.41, 5.74) is 21.9. The van der Waals surface area contributed by atoms with Gasteiger partial charge in [-0.05, 0) is 153 Å². The van der Waals surface area contributed by atoms with Crippen molar-refractivity contribution < 1.29 is 14.3 Å². The quantitative estimate of drug-likeness (QED) is 0.152. The number of para-hydroxylation sites is 4. The molecule has 2 aromatic heterocycles. The van der Waals surface area contributed by atoms with Gasteiger partial charge < -0.3 is 28.4 Å². The maximum Gasteiger partial charge on any atom is 0.198 e. The van der Waals surface area contributed by atoms with Crippen molar-refractivity contribution in [2.24, 2.45) is 0 Å². The van der Waals surface area contributed by atoms with Gasteiger partial charge in [-0.15, -0.1) is 0 Å². The van der Waals surface area contributed by atoms with Gasteiger partial charge in [-0.2, -0.15) is 0 Å². The van der Waals surface area contributed by atoms with Crippen molar-refractivity contribution >= 4 is 83.5 Å². The first kappa shape index (κ1) is 51.6. The first-order valence-electron chi connectivity index (χ1n) is 31.2. The molecular weight excluding hydrogens is 1120 g/mol. The Balaban J connectivity index is 0.934. The Morgan fingerprint density at radius 2 is 0.533 bits per heavy atom. The predicted molar refractivity (Wildman–Crippen MR) is 375 cm³/mol. The smallest absolute Gasteiger partial charge is 0.198 e. The van der Waals surface area contributed by atoms with Crippen LogP contribution in [0.1, 0.15) is 15.9 Å². The second-order valence-electron chi connectivity index (χ2n) is 23.9. The van der Waals surface area contributed by atoms with Crippen molar-refractivity contribution in [1.82, 2.24) is 9.13 Å². The molecule has 3 aliphatic rings. The summed E-state index contributed by atoms with van der Waals surface area (Å²) in [6.07, 6.45) is 0. The Morgan fingerprint density at radius 1 is 0.228 bits per heavy atom. The molecule has 7 nitrogen and oxygen atoms in total. The summed E-state index contributed by atoms with van der Waals surface area (Å²) < 4.78 is 19.1. The van der Waals surface area contributed by atoms with E-state index in [4.69, 9.17) is 9.47 Å². The van der Waals surface area contributed by atoms with Gasteiger partial charge in [-0.25, -0.2) is 0 Å². The highest BCUT2D eigenvalue weighted by Gasteiger charge is 2.40. The zero-order valence-electron chi connectivity index (χ0n) is 49.5. The van der Waals surface area contributed by atoms with Gasteiger partial charge in [-0.3, -0.25) is 4.79 Å². The summed E-state index contributed by atoms with van der Waals surface area (Å²) in [6, 6.07) is 111. The SMILES string of the molecule is O=C1c2c(cc(N3c4ccc(-c5ccccc5)cc4Oc4cc(-c5ccccc5)ccc43)cc2N2c3ccc(-c4ccccc4)cc3Oc3cc(-c4ccccc4)ccc32)-c2cc(-n3c4ccccc4c4ccccc43)cc(-n3c4ccccc4c4ccccc43)c21. The van der Waals surface area contributed by atoms with E-state index in [9.17, 15) is 0 Å². The number of benzene rings is 14. The lowest BCUT2D eigenvalue weighted by Crippen LogP contribution is -2.20. The molecule has 2 aliphatic heterocycles. The number of ether oxygens (including phenoxy) is 2. The van der Waals surface area contributed by atoms with E-state index < -0.39 is 0 Å². The van der Waals surface area contributed by atoms with Gasteiger partial charge in [0.25, 0.3) is 0 Å². The molecule has 7 heteroatoms. The molecule has 16 aromatic rings. The maximum atomic E-state index is 17.2. The number of carbonyl (C=O) groups is 1. The molecular formula is C85H52N4O3. The van der Waals surface area contributed by atoms with Crippen LogP contribution in [0.3, 0.4) is 0 Å². The second-order valence-corrected chi connectivity index (χ2v) is 23.9. The van der Waals surface area contributed by atoms with Gasteiger partial charge in [-0.1, -0.05) is 218 Å². The van der Waals surface area contributed by atoms with E-state index in [1.807, 2.05) is 24.3 Å². The van der Waals surface area contributed by atoms with Crippen LogP contribution in [0.15, 0.2) is 315 Å². The molecule has 1 aliphatic carbocycles. The molecule has 0 unspecified atom stereocenters. The minimum absolute atomic E-state index is 0.0821. The number of nitrogens with zero attached hydrogens (tertiary/aromatic N) is 4. The molecule has 0 fully saturated rings. The molecule has 0 bridgehead atoms. The fourth-order valence-electron chi connectivity index (χ4n) is 14.6. The van der Waals surface area contributed by atoms with E-state index in [1.165, 1.54) is 0 Å². The Bertz CT molecular complexity index is 5450.